The molecule has 3 aromatic rings. The molecule has 264 valence electrons. The Balaban J connectivity index is 1.33. The fourth-order valence-electron chi connectivity index (χ4n) is 7.32. The average molecular weight is 678 g/mol. The molecule has 3 aliphatic rings. The Bertz CT molecular complexity index is 1690. The number of carboxylic acids is 1. The maximum Gasteiger partial charge on any atom is 0.408 e. The average Bonchev–Trinajstić information content (AvgIpc) is 3.76. The number of nitrogens with zero attached hydrogens (tertiary/aromatic N) is 4. The summed E-state index contributed by atoms with van der Waals surface area (Å²) >= 11 is 0. The van der Waals surface area contributed by atoms with Crippen molar-refractivity contribution in [3.63, 3.8) is 0 Å². The second kappa shape index (κ2) is 14.2. The van der Waals surface area contributed by atoms with E-state index in [0.29, 0.717) is 46.4 Å². The molecule has 0 spiro atoms. The second-order valence-electron chi connectivity index (χ2n) is 14.7. The van der Waals surface area contributed by atoms with E-state index in [1.165, 1.54) is 4.90 Å². The number of carbonyl (C=O) groups excluding carboxylic acids is 2. The van der Waals surface area contributed by atoms with Crippen LogP contribution in [0, 0.1) is 24.2 Å². The third kappa shape index (κ3) is 7.75. The number of aryl methyl sites for hydroxylation is 2. The van der Waals surface area contributed by atoms with Crippen molar-refractivity contribution >= 4 is 29.0 Å². The van der Waals surface area contributed by atoms with Crippen molar-refractivity contribution in [2.45, 2.75) is 117 Å². The number of nitrogens with one attached hydrogen (secondary N) is 1. The number of benzene rings is 1. The molecular weight excluding hydrogens is 630 g/mol. The fraction of sp³-hybridized carbons (Fsp3) is 0.611. The summed E-state index contributed by atoms with van der Waals surface area (Å²) in [6, 6.07) is 3.27. The van der Waals surface area contributed by atoms with Crippen LogP contribution in [0.15, 0.2) is 28.8 Å². The minimum atomic E-state index is -1.17. The topological polar surface area (TPSA) is 166 Å². The van der Waals surface area contributed by atoms with Crippen LogP contribution in [0.5, 0.6) is 11.6 Å². The van der Waals surface area contributed by atoms with Crippen LogP contribution >= 0.6 is 0 Å². The van der Waals surface area contributed by atoms with Crippen molar-refractivity contribution in [2.24, 2.45) is 17.3 Å². The lowest BCUT2D eigenvalue weighted by atomic mass is 9.85. The van der Waals surface area contributed by atoms with Gasteiger partial charge < -0.3 is 34.0 Å². The molecule has 2 bridgehead atoms. The molecule has 1 aliphatic carbocycles. The maximum atomic E-state index is 14.2. The highest BCUT2D eigenvalue weighted by Gasteiger charge is 2.50. The second-order valence-corrected chi connectivity index (χ2v) is 14.7. The minimum absolute atomic E-state index is 0.00282. The molecule has 49 heavy (non-hydrogen) atoms. The Morgan fingerprint density at radius 1 is 1.04 bits per heavy atom. The van der Waals surface area contributed by atoms with Crippen LogP contribution in [-0.2, 0) is 27.4 Å². The van der Waals surface area contributed by atoms with E-state index in [1.807, 2.05) is 39.8 Å². The molecule has 2 N–H and O–H groups in total. The zero-order valence-electron chi connectivity index (χ0n) is 28.9. The van der Waals surface area contributed by atoms with Gasteiger partial charge in [-0.1, -0.05) is 40.5 Å². The van der Waals surface area contributed by atoms with Crippen molar-refractivity contribution < 1.29 is 38.1 Å². The van der Waals surface area contributed by atoms with E-state index >= 15 is 0 Å². The Morgan fingerprint density at radius 3 is 2.57 bits per heavy atom. The van der Waals surface area contributed by atoms with Crippen LogP contribution in [-0.4, -0.2) is 73.8 Å². The largest absolute Gasteiger partial charge is 0.484 e. The molecule has 4 heterocycles. The monoisotopic (exact) mass is 677 g/mol. The number of carbonyl (C=O) groups is 3. The molecule has 0 unspecified atom stereocenters. The zero-order chi connectivity index (χ0) is 34.9. The Labute approximate surface area is 286 Å². The van der Waals surface area contributed by atoms with E-state index in [2.05, 4.69) is 10.3 Å². The smallest absolute Gasteiger partial charge is 0.408 e. The summed E-state index contributed by atoms with van der Waals surface area (Å²) in [7, 11) is 0. The van der Waals surface area contributed by atoms with E-state index in [4.69, 9.17) is 28.6 Å². The number of ether oxygens (including phenoxy) is 3. The molecular formula is C36H47N5O8. The zero-order valence-corrected chi connectivity index (χ0v) is 28.9. The van der Waals surface area contributed by atoms with Gasteiger partial charge in [0.2, 0.25) is 17.7 Å². The van der Waals surface area contributed by atoms with E-state index in [1.54, 1.807) is 19.2 Å². The van der Waals surface area contributed by atoms with Gasteiger partial charge in [-0.05, 0) is 68.9 Å². The summed E-state index contributed by atoms with van der Waals surface area (Å²) in [4.78, 5) is 55.4. The van der Waals surface area contributed by atoms with E-state index in [-0.39, 0.29) is 25.2 Å². The quantitative estimate of drug-likeness (QED) is 0.352. The van der Waals surface area contributed by atoms with Gasteiger partial charge in [-0.15, -0.1) is 0 Å². The summed E-state index contributed by atoms with van der Waals surface area (Å²) in [5, 5.41) is 13.2. The molecule has 1 saturated heterocycles. The number of alkyl carbamates (subject to hydrolysis) is 1. The van der Waals surface area contributed by atoms with Crippen molar-refractivity contribution in [1.29, 1.82) is 0 Å². The summed E-state index contributed by atoms with van der Waals surface area (Å²) in [5.74, 6) is 0.0611. The van der Waals surface area contributed by atoms with Crippen LogP contribution in [0.2, 0.25) is 0 Å². The summed E-state index contributed by atoms with van der Waals surface area (Å²) in [6.45, 7) is 9.25. The summed E-state index contributed by atoms with van der Waals surface area (Å²) in [5.41, 5.74) is 1.19. The third-order valence-corrected chi connectivity index (χ3v) is 10.0. The van der Waals surface area contributed by atoms with Crippen LogP contribution in [0.4, 0.5) is 4.79 Å². The highest BCUT2D eigenvalue weighted by atomic mass is 16.6. The Hall–Kier alpha value is -4.42. The normalized spacial score (nSPS) is 26.9. The number of aromatic nitrogens is 3. The van der Waals surface area contributed by atoms with Gasteiger partial charge in [-0.25, -0.2) is 24.5 Å². The van der Waals surface area contributed by atoms with E-state index in [9.17, 15) is 19.5 Å². The predicted molar refractivity (Wildman–Crippen MR) is 178 cm³/mol. The van der Waals surface area contributed by atoms with Gasteiger partial charge in [0.25, 0.3) is 0 Å². The Kier molecular flexibility index (Phi) is 9.99. The highest BCUT2D eigenvalue weighted by molar-refractivity contribution is 5.90. The Morgan fingerprint density at radius 2 is 1.84 bits per heavy atom. The summed E-state index contributed by atoms with van der Waals surface area (Å²) < 4.78 is 23.9. The van der Waals surface area contributed by atoms with Crippen LogP contribution in [0.3, 0.4) is 0 Å². The molecule has 0 radical (unpaired) electrons. The number of hydrogen-bond acceptors (Lipinski definition) is 10. The van der Waals surface area contributed by atoms with Gasteiger partial charge in [0, 0.05) is 12.0 Å². The molecule has 2 aliphatic heterocycles. The van der Waals surface area contributed by atoms with Crippen LogP contribution in [0.1, 0.15) is 90.0 Å². The van der Waals surface area contributed by atoms with Crippen molar-refractivity contribution in [2.75, 3.05) is 6.54 Å². The summed E-state index contributed by atoms with van der Waals surface area (Å²) in [6.07, 6.45) is 7.20. The van der Waals surface area contributed by atoms with Crippen molar-refractivity contribution in [3.8, 4) is 11.6 Å². The lowest BCUT2D eigenvalue weighted by Crippen LogP contribution is -2.57. The molecule has 2 fully saturated rings. The molecule has 2 amide bonds. The van der Waals surface area contributed by atoms with Crippen LogP contribution in [0.25, 0.3) is 11.0 Å². The maximum absolute atomic E-state index is 14.2. The first-order valence-corrected chi connectivity index (χ1v) is 17.4. The van der Waals surface area contributed by atoms with E-state index < -0.39 is 47.5 Å². The lowest BCUT2D eigenvalue weighted by Gasteiger charge is -2.35. The first kappa shape index (κ1) is 34.4. The molecule has 6 atom stereocenters. The number of rotatable bonds is 4. The van der Waals surface area contributed by atoms with Gasteiger partial charge in [0.15, 0.2) is 6.61 Å². The molecule has 1 saturated carbocycles. The minimum Gasteiger partial charge on any atom is -0.484 e. The van der Waals surface area contributed by atoms with Crippen molar-refractivity contribution in [3.05, 3.63) is 41.7 Å². The van der Waals surface area contributed by atoms with Gasteiger partial charge in [0.1, 0.15) is 41.5 Å². The fourth-order valence-corrected chi connectivity index (χ4v) is 7.32. The van der Waals surface area contributed by atoms with Gasteiger partial charge in [0.05, 0.1) is 23.8 Å². The molecule has 13 nitrogen and oxygen atoms in total. The number of fused-ring (bicyclic) bond motifs is 5. The first-order chi connectivity index (χ1) is 23.4. The standard InChI is InChI=1S/C36H47N5O8/c1-20-17-37-29(47-20)19-46-23-14-15-24-26(16-23)39-32-25(38-24)12-8-6-7-10-22-11-9-13-27(22)49-35(45)40-31(36(3,4)5)33(42)41-18-28(48-32)21(2)30(41)34(43)44/h14-17,21-22,27-28,30-31H,6-13,18-19H2,1-5H3,(H,40,45)(H,43,44)/t21-,22-,27-,28+,30+,31-/m1/s1. The predicted octanol–water partition coefficient (Wildman–Crippen LogP) is 5.61. The highest BCUT2D eigenvalue weighted by Crippen LogP contribution is 2.35. The molecule has 6 rings (SSSR count). The lowest BCUT2D eigenvalue weighted by molar-refractivity contribution is -0.151. The molecule has 2 aromatic heterocycles. The van der Waals surface area contributed by atoms with Gasteiger partial charge >= 0.3 is 12.1 Å². The SMILES string of the molecule is Cc1cnc(COc2ccc3nc4c(nc3c2)O[C@H]2CN(C(=O)[C@H](C(C)(C)C)NC(=O)O[C@@H]3CCC[C@H]3CCCCC4)[C@H](C(=O)O)[C@@H]2C)o1. The first-order valence-electron chi connectivity index (χ1n) is 17.4. The number of hydrogen-bond donors (Lipinski definition) is 2. The van der Waals surface area contributed by atoms with Crippen LogP contribution < -0.4 is 14.8 Å². The van der Waals surface area contributed by atoms with E-state index in [0.717, 1.165) is 44.9 Å². The number of amides is 2. The van der Waals surface area contributed by atoms with Gasteiger partial charge in [-0.2, -0.15) is 0 Å². The number of aliphatic carboxylic acids is 1. The van der Waals surface area contributed by atoms with Gasteiger partial charge in [-0.3, -0.25) is 4.79 Å². The van der Waals surface area contributed by atoms with Crippen molar-refractivity contribution in [1.82, 2.24) is 25.2 Å². The molecule has 13 heteroatoms. The molecule has 1 aromatic carbocycles. The number of oxazole rings is 1. The number of carboxylic acid groups (broad SMARTS) is 1. The third-order valence-electron chi connectivity index (χ3n) is 10.0.